The minimum absolute atomic E-state index is 0. The molecule has 12 nitrogen and oxygen atoms in total. The molecule has 1 saturated heterocycles. The SMILES string of the molecule is COC(=O)C(C)CNc1nccc(Nc2nccc(Sc3cnc(N4CCC5(CC4)CC(=O)[C@@H](C)[C@@H]5N)cn3)c2Cl)n1.Cl. The van der Waals surface area contributed by atoms with Gasteiger partial charge in [0.1, 0.15) is 22.4 Å². The second kappa shape index (κ2) is 14.0. The van der Waals surface area contributed by atoms with Gasteiger partial charge in [-0.1, -0.05) is 37.2 Å². The van der Waals surface area contributed by atoms with Crippen LogP contribution in [0.4, 0.5) is 23.4 Å². The Bertz CT molecular complexity index is 1440. The average Bonchev–Trinajstić information content (AvgIpc) is 3.21. The Kier molecular flexibility index (Phi) is 10.6. The van der Waals surface area contributed by atoms with Crippen LogP contribution in [0.25, 0.3) is 0 Å². The van der Waals surface area contributed by atoms with Crippen LogP contribution in [0.5, 0.6) is 0 Å². The number of carbonyl (C=O) groups excluding carboxylic acids is 2. The van der Waals surface area contributed by atoms with Gasteiger partial charge in [-0.05, 0) is 30.4 Å². The Morgan fingerprint density at radius 2 is 1.95 bits per heavy atom. The summed E-state index contributed by atoms with van der Waals surface area (Å²) in [6.07, 6.45) is 9.09. The predicted molar refractivity (Wildman–Crippen MR) is 168 cm³/mol. The summed E-state index contributed by atoms with van der Waals surface area (Å²) < 4.78 is 4.75. The van der Waals surface area contributed by atoms with Gasteiger partial charge in [0.2, 0.25) is 5.95 Å². The zero-order valence-electron chi connectivity index (χ0n) is 24.1. The van der Waals surface area contributed by atoms with Crippen LogP contribution in [-0.2, 0) is 14.3 Å². The van der Waals surface area contributed by atoms with Gasteiger partial charge in [-0.25, -0.2) is 19.9 Å². The number of nitrogens with two attached hydrogens (primary N) is 1. The molecule has 43 heavy (non-hydrogen) atoms. The number of halogens is 2. The lowest BCUT2D eigenvalue weighted by atomic mass is 9.73. The third kappa shape index (κ3) is 7.28. The molecule has 0 amide bonds. The van der Waals surface area contributed by atoms with Gasteiger partial charge in [-0.2, -0.15) is 4.98 Å². The lowest BCUT2D eigenvalue weighted by Gasteiger charge is -2.42. The Hall–Kier alpha value is -3.26. The topological polar surface area (TPSA) is 161 Å². The lowest BCUT2D eigenvalue weighted by Crippen LogP contribution is -2.48. The van der Waals surface area contributed by atoms with E-state index in [0.717, 1.165) is 36.6 Å². The molecular formula is C28H35Cl2N9O3S. The standard InChI is InChI=1S/C28H34ClN9O3S.ClH/c1-16(26(40)41-3)13-35-27-32-9-5-20(37-27)36-25-23(29)19(4-8-31-25)42-22-15-33-21(14-34-22)38-10-6-28(7-11-38)12-18(39)17(2)24(28)30;/h4-5,8-9,14-17,24H,6-7,10-13,30H2,1-3H3,(H2,31,32,35,36,37);1H/t16?,17-,24+;/m1./s1. The molecule has 230 valence electrons. The van der Waals surface area contributed by atoms with Crippen LogP contribution >= 0.6 is 35.8 Å². The largest absolute Gasteiger partial charge is 0.469 e. The first-order valence-electron chi connectivity index (χ1n) is 13.8. The number of pyridine rings is 1. The van der Waals surface area contributed by atoms with Crippen molar-refractivity contribution in [1.29, 1.82) is 0 Å². The number of ketones is 1. The fraction of sp³-hybridized carbons (Fsp3) is 0.464. The third-order valence-corrected chi connectivity index (χ3v) is 9.59. The van der Waals surface area contributed by atoms with Crippen molar-refractivity contribution in [3.8, 4) is 0 Å². The highest BCUT2D eigenvalue weighted by Gasteiger charge is 2.50. The summed E-state index contributed by atoms with van der Waals surface area (Å²) in [5.74, 6) is 1.62. The number of hydrogen-bond donors (Lipinski definition) is 3. The van der Waals surface area contributed by atoms with Gasteiger partial charge in [-0.3, -0.25) is 9.59 Å². The van der Waals surface area contributed by atoms with E-state index in [1.54, 1.807) is 37.8 Å². The second-order valence-electron chi connectivity index (χ2n) is 10.8. The van der Waals surface area contributed by atoms with Crippen LogP contribution in [0.2, 0.25) is 5.02 Å². The van der Waals surface area contributed by atoms with Gasteiger partial charge in [0.25, 0.3) is 0 Å². The quantitative estimate of drug-likeness (QED) is 0.281. The van der Waals surface area contributed by atoms with Crippen LogP contribution in [0.3, 0.4) is 0 Å². The molecule has 3 atom stereocenters. The fourth-order valence-electron chi connectivity index (χ4n) is 5.44. The van der Waals surface area contributed by atoms with Crippen molar-refractivity contribution >= 4 is 70.9 Å². The first-order valence-corrected chi connectivity index (χ1v) is 15.0. The monoisotopic (exact) mass is 647 g/mol. The van der Waals surface area contributed by atoms with E-state index >= 15 is 0 Å². The summed E-state index contributed by atoms with van der Waals surface area (Å²) in [5.41, 5.74) is 6.36. The maximum absolute atomic E-state index is 12.3. The minimum atomic E-state index is -0.351. The molecule has 1 saturated carbocycles. The summed E-state index contributed by atoms with van der Waals surface area (Å²) in [6, 6.07) is 3.43. The normalized spacial score (nSPS) is 19.9. The molecule has 1 unspecified atom stereocenters. The molecule has 2 aliphatic rings. The molecule has 0 aromatic carbocycles. The summed E-state index contributed by atoms with van der Waals surface area (Å²) in [6.45, 7) is 5.63. The number of esters is 1. The van der Waals surface area contributed by atoms with E-state index in [1.165, 1.54) is 18.9 Å². The zero-order valence-corrected chi connectivity index (χ0v) is 26.5. The van der Waals surface area contributed by atoms with Gasteiger partial charge in [-0.15, -0.1) is 12.4 Å². The van der Waals surface area contributed by atoms with Crippen LogP contribution < -0.4 is 21.3 Å². The number of ether oxygens (including phenoxy) is 1. The van der Waals surface area contributed by atoms with Gasteiger partial charge in [0.05, 0.1) is 30.4 Å². The van der Waals surface area contributed by atoms with E-state index in [-0.39, 0.29) is 47.5 Å². The highest BCUT2D eigenvalue weighted by atomic mass is 35.5. The maximum Gasteiger partial charge on any atom is 0.310 e. The number of anilines is 4. The first-order chi connectivity index (χ1) is 20.2. The fourth-order valence-corrected chi connectivity index (χ4v) is 6.47. The lowest BCUT2D eigenvalue weighted by molar-refractivity contribution is -0.144. The Balaban J connectivity index is 0.00000423. The van der Waals surface area contributed by atoms with E-state index in [0.29, 0.717) is 40.6 Å². The molecule has 3 aromatic rings. The van der Waals surface area contributed by atoms with E-state index in [9.17, 15) is 9.59 Å². The van der Waals surface area contributed by atoms with Gasteiger partial charge >= 0.3 is 5.97 Å². The number of aromatic nitrogens is 5. The predicted octanol–water partition coefficient (Wildman–Crippen LogP) is 4.38. The molecule has 2 fully saturated rings. The average molecular weight is 649 g/mol. The number of methoxy groups -OCH3 is 1. The molecule has 5 rings (SSSR count). The van der Waals surface area contributed by atoms with Crippen molar-refractivity contribution < 1.29 is 14.3 Å². The van der Waals surface area contributed by atoms with E-state index in [4.69, 9.17) is 22.1 Å². The first kappa shape index (κ1) is 32.6. The van der Waals surface area contributed by atoms with Crippen molar-refractivity contribution in [2.24, 2.45) is 23.0 Å². The molecule has 1 aliphatic heterocycles. The molecule has 4 heterocycles. The highest BCUT2D eigenvalue weighted by Crippen LogP contribution is 2.46. The van der Waals surface area contributed by atoms with Crippen molar-refractivity contribution in [3.63, 3.8) is 0 Å². The van der Waals surface area contributed by atoms with Gasteiger partial charge in [0, 0.05) is 55.3 Å². The van der Waals surface area contributed by atoms with E-state index in [1.807, 2.05) is 13.0 Å². The van der Waals surface area contributed by atoms with Crippen molar-refractivity contribution in [3.05, 3.63) is 41.9 Å². The number of carbonyl (C=O) groups is 2. The molecule has 15 heteroatoms. The third-order valence-electron chi connectivity index (χ3n) is 8.12. The molecular weight excluding hydrogens is 613 g/mol. The summed E-state index contributed by atoms with van der Waals surface area (Å²) >= 11 is 8.08. The molecule has 1 spiro atoms. The molecule has 1 aliphatic carbocycles. The van der Waals surface area contributed by atoms with Crippen molar-refractivity contribution in [2.45, 2.75) is 49.1 Å². The number of nitrogens with one attached hydrogen (secondary N) is 2. The summed E-state index contributed by atoms with van der Waals surface area (Å²) in [7, 11) is 1.35. The maximum atomic E-state index is 12.3. The van der Waals surface area contributed by atoms with Crippen LogP contribution in [0, 0.1) is 17.3 Å². The smallest absolute Gasteiger partial charge is 0.310 e. The number of piperidine rings is 1. The number of Topliss-reactive ketones (excluding diaryl/α,β-unsaturated/α-hetero) is 1. The second-order valence-corrected chi connectivity index (χ2v) is 12.2. The molecule has 0 bridgehead atoms. The van der Waals surface area contributed by atoms with E-state index in [2.05, 4.69) is 40.5 Å². The van der Waals surface area contributed by atoms with Crippen LogP contribution in [-0.4, -0.2) is 69.5 Å². The molecule has 3 aromatic heterocycles. The van der Waals surface area contributed by atoms with Gasteiger partial charge < -0.3 is 26.0 Å². The molecule has 0 radical (unpaired) electrons. The van der Waals surface area contributed by atoms with Crippen molar-refractivity contribution in [2.75, 3.05) is 42.3 Å². The van der Waals surface area contributed by atoms with Crippen LogP contribution in [0.1, 0.15) is 33.1 Å². The Labute approximate surface area is 265 Å². The van der Waals surface area contributed by atoms with E-state index < -0.39 is 0 Å². The Morgan fingerprint density at radius 3 is 2.60 bits per heavy atom. The minimum Gasteiger partial charge on any atom is -0.469 e. The number of hydrogen-bond acceptors (Lipinski definition) is 13. The molecule has 4 N–H and O–H groups in total. The zero-order chi connectivity index (χ0) is 29.9. The number of nitrogens with zero attached hydrogens (tertiary/aromatic N) is 6. The van der Waals surface area contributed by atoms with Crippen molar-refractivity contribution in [1.82, 2.24) is 24.9 Å². The highest BCUT2D eigenvalue weighted by molar-refractivity contribution is 7.99. The summed E-state index contributed by atoms with van der Waals surface area (Å²) in [4.78, 5) is 49.1. The summed E-state index contributed by atoms with van der Waals surface area (Å²) in [5, 5.41) is 7.27. The number of rotatable bonds is 9. The van der Waals surface area contributed by atoms with Crippen LogP contribution in [0.15, 0.2) is 46.8 Å². The van der Waals surface area contributed by atoms with Gasteiger partial charge in [0.15, 0.2) is 5.82 Å². The Morgan fingerprint density at radius 1 is 1.21 bits per heavy atom.